The van der Waals surface area contributed by atoms with Crippen molar-refractivity contribution in [3.63, 3.8) is 0 Å². The van der Waals surface area contributed by atoms with Gasteiger partial charge in [0.05, 0.1) is 11.3 Å². The molecule has 1 aliphatic carbocycles. The normalized spacial score (nSPS) is 13.5. The van der Waals surface area contributed by atoms with Crippen LogP contribution in [-0.4, -0.2) is 18.0 Å². The van der Waals surface area contributed by atoms with Gasteiger partial charge in [-0.1, -0.05) is 55.7 Å². The van der Waals surface area contributed by atoms with Crippen LogP contribution < -0.4 is 15.5 Å². The number of hydrogen-bond donors (Lipinski definition) is 0. The Morgan fingerprint density at radius 1 is 0.911 bits per heavy atom. The van der Waals surface area contributed by atoms with Gasteiger partial charge in [-0.3, -0.25) is 0 Å². The monoisotopic (exact) mass is 624 g/mol. The van der Waals surface area contributed by atoms with Gasteiger partial charge in [-0.25, -0.2) is 14.6 Å². The van der Waals surface area contributed by atoms with E-state index in [9.17, 15) is 9.59 Å². The summed E-state index contributed by atoms with van der Waals surface area (Å²) in [6.07, 6.45) is 6.69. The standard InChI is InChI=1S/C36H36N2O6S/c1-24-33(44-36(40)43-24)22-42-34(39)30-14-8-25(9-15-30)20-38(2)35-37-32(23-45-35)29-16-18-31(19-17-29)41-21-26-10-12-28(13-11-26)27-6-4-3-5-7-27/h8-19,23,27H,3-7,20-22H2,1-2H3. The number of esters is 1. The Balaban J connectivity index is 0.986. The van der Waals surface area contributed by atoms with E-state index < -0.39 is 11.8 Å². The summed E-state index contributed by atoms with van der Waals surface area (Å²) in [5.74, 6) is 0.715. The maximum Gasteiger partial charge on any atom is 0.519 e. The zero-order valence-electron chi connectivity index (χ0n) is 25.5. The summed E-state index contributed by atoms with van der Waals surface area (Å²) in [6.45, 7) is 2.57. The predicted octanol–water partition coefficient (Wildman–Crippen LogP) is 8.28. The number of nitrogens with zero attached hydrogens (tertiary/aromatic N) is 2. The summed E-state index contributed by atoms with van der Waals surface area (Å²) in [6, 6.07) is 24.2. The average molecular weight is 625 g/mol. The first-order valence-electron chi connectivity index (χ1n) is 15.3. The summed E-state index contributed by atoms with van der Waals surface area (Å²) < 4.78 is 21.0. The highest BCUT2D eigenvalue weighted by molar-refractivity contribution is 7.14. The molecule has 0 N–H and O–H groups in total. The highest BCUT2D eigenvalue weighted by atomic mass is 32.1. The van der Waals surface area contributed by atoms with Crippen molar-refractivity contribution in [3.05, 3.63) is 123 Å². The fraction of sp³-hybridized carbons (Fsp3) is 0.306. The molecule has 0 saturated heterocycles. The number of carbonyl (C=O) groups excluding carboxylic acids is 1. The smallest absolute Gasteiger partial charge is 0.489 e. The van der Waals surface area contributed by atoms with E-state index in [2.05, 4.69) is 34.5 Å². The molecule has 232 valence electrons. The van der Waals surface area contributed by atoms with E-state index in [0.717, 1.165) is 33.6 Å². The van der Waals surface area contributed by atoms with Crippen molar-refractivity contribution < 1.29 is 23.1 Å². The van der Waals surface area contributed by atoms with Gasteiger partial charge < -0.3 is 23.2 Å². The molecule has 0 aliphatic heterocycles. The van der Waals surface area contributed by atoms with Crippen LogP contribution in [0.15, 0.2) is 91.8 Å². The number of aromatic nitrogens is 1. The first-order chi connectivity index (χ1) is 21.9. The van der Waals surface area contributed by atoms with Crippen molar-refractivity contribution in [3.8, 4) is 17.0 Å². The van der Waals surface area contributed by atoms with Crippen LogP contribution in [0, 0.1) is 6.92 Å². The summed E-state index contributed by atoms with van der Waals surface area (Å²) in [7, 11) is 1.99. The molecule has 2 aromatic heterocycles. The molecule has 0 bridgehead atoms. The lowest BCUT2D eigenvalue weighted by molar-refractivity contribution is 0.0443. The Morgan fingerprint density at radius 2 is 1.62 bits per heavy atom. The topological polar surface area (TPSA) is 95.0 Å². The number of benzene rings is 3. The fourth-order valence-corrected chi connectivity index (χ4v) is 6.39. The molecule has 3 aromatic carbocycles. The molecular formula is C36H36N2O6S. The number of anilines is 1. The van der Waals surface area contributed by atoms with Gasteiger partial charge in [0.25, 0.3) is 0 Å². The van der Waals surface area contributed by atoms with Crippen LogP contribution in [0.4, 0.5) is 5.13 Å². The van der Waals surface area contributed by atoms with E-state index in [1.54, 1.807) is 30.4 Å². The minimum Gasteiger partial charge on any atom is -0.489 e. The number of thiazole rings is 1. The van der Waals surface area contributed by atoms with Crippen molar-refractivity contribution in [2.45, 2.75) is 64.7 Å². The van der Waals surface area contributed by atoms with Crippen molar-refractivity contribution >= 4 is 22.4 Å². The fourth-order valence-electron chi connectivity index (χ4n) is 5.59. The van der Waals surface area contributed by atoms with Crippen LogP contribution in [-0.2, 0) is 24.5 Å². The van der Waals surface area contributed by atoms with Gasteiger partial charge in [-0.05, 0) is 78.8 Å². The highest BCUT2D eigenvalue weighted by Gasteiger charge is 2.16. The lowest BCUT2D eigenvalue weighted by atomic mass is 9.84. The maximum absolute atomic E-state index is 12.4. The Morgan fingerprint density at radius 3 is 2.31 bits per heavy atom. The number of rotatable bonds is 11. The molecule has 0 radical (unpaired) electrons. The first kappa shape index (κ1) is 30.4. The first-order valence-corrected chi connectivity index (χ1v) is 16.1. The lowest BCUT2D eigenvalue weighted by Gasteiger charge is -2.22. The van der Waals surface area contributed by atoms with Gasteiger partial charge in [-0.2, -0.15) is 0 Å². The molecular weight excluding hydrogens is 588 g/mol. The van der Waals surface area contributed by atoms with Gasteiger partial charge in [0, 0.05) is 24.5 Å². The number of aryl methyl sites for hydroxylation is 1. The Kier molecular flexibility index (Phi) is 9.45. The van der Waals surface area contributed by atoms with Crippen LogP contribution in [0.5, 0.6) is 5.75 Å². The summed E-state index contributed by atoms with van der Waals surface area (Å²) in [5, 5.41) is 2.95. The Hall–Kier alpha value is -4.63. The number of hydrogen-bond acceptors (Lipinski definition) is 9. The van der Waals surface area contributed by atoms with E-state index in [1.165, 1.54) is 43.2 Å². The van der Waals surface area contributed by atoms with E-state index >= 15 is 0 Å². The van der Waals surface area contributed by atoms with Crippen molar-refractivity contribution in [2.24, 2.45) is 0 Å². The molecule has 6 rings (SSSR count). The average Bonchev–Trinajstić information content (AvgIpc) is 3.70. The molecule has 1 aliphatic rings. The third-order valence-electron chi connectivity index (χ3n) is 8.21. The minimum atomic E-state index is -0.816. The molecule has 0 atom stereocenters. The van der Waals surface area contributed by atoms with Gasteiger partial charge in [0.1, 0.15) is 12.4 Å². The quantitative estimate of drug-likeness (QED) is 0.136. The predicted molar refractivity (Wildman–Crippen MR) is 174 cm³/mol. The SMILES string of the molecule is Cc1oc(=O)oc1COC(=O)c1ccc(CN(C)c2nc(-c3ccc(OCc4ccc(C5CCCCC5)cc4)cc3)cs2)cc1. The van der Waals surface area contributed by atoms with E-state index in [0.29, 0.717) is 24.5 Å². The molecule has 1 fully saturated rings. The molecule has 5 aromatic rings. The maximum atomic E-state index is 12.4. The van der Waals surface area contributed by atoms with Crippen LogP contribution in [0.25, 0.3) is 11.3 Å². The molecule has 9 heteroatoms. The van der Waals surface area contributed by atoms with Gasteiger partial charge in [0.15, 0.2) is 23.3 Å². The zero-order chi connectivity index (χ0) is 31.2. The summed E-state index contributed by atoms with van der Waals surface area (Å²) in [5.41, 5.74) is 6.00. The molecule has 45 heavy (non-hydrogen) atoms. The molecule has 0 spiro atoms. The van der Waals surface area contributed by atoms with Crippen LogP contribution in [0.1, 0.15) is 76.6 Å². The van der Waals surface area contributed by atoms with Crippen LogP contribution >= 0.6 is 11.3 Å². The molecule has 8 nitrogen and oxygen atoms in total. The largest absolute Gasteiger partial charge is 0.519 e. The minimum absolute atomic E-state index is 0.169. The van der Waals surface area contributed by atoms with E-state index in [-0.39, 0.29) is 12.4 Å². The van der Waals surface area contributed by atoms with Crippen molar-refractivity contribution in [1.29, 1.82) is 0 Å². The molecule has 0 unspecified atom stereocenters. The molecule has 2 heterocycles. The highest BCUT2D eigenvalue weighted by Crippen LogP contribution is 2.33. The third kappa shape index (κ3) is 7.72. The second-order valence-electron chi connectivity index (χ2n) is 11.5. The van der Waals surface area contributed by atoms with Gasteiger partial charge >= 0.3 is 11.8 Å². The Labute approximate surface area is 266 Å². The molecule has 0 amide bonds. The number of carbonyl (C=O) groups is 1. The van der Waals surface area contributed by atoms with Gasteiger partial charge in [-0.15, -0.1) is 11.3 Å². The van der Waals surface area contributed by atoms with Crippen LogP contribution in [0.3, 0.4) is 0 Å². The second-order valence-corrected chi connectivity index (χ2v) is 12.3. The van der Waals surface area contributed by atoms with E-state index in [1.807, 2.05) is 43.4 Å². The van der Waals surface area contributed by atoms with Crippen LogP contribution in [0.2, 0.25) is 0 Å². The summed E-state index contributed by atoms with van der Waals surface area (Å²) in [4.78, 5) is 30.5. The van der Waals surface area contributed by atoms with Crippen molar-refractivity contribution in [1.82, 2.24) is 4.98 Å². The lowest BCUT2D eigenvalue weighted by Crippen LogP contribution is -2.16. The number of ether oxygens (including phenoxy) is 2. The van der Waals surface area contributed by atoms with Crippen molar-refractivity contribution in [2.75, 3.05) is 11.9 Å². The Bertz CT molecular complexity index is 1760. The summed E-state index contributed by atoms with van der Waals surface area (Å²) >= 11 is 1.58. The molecule has 1 saturated carbocycles. The zero-order valence-corrected chi connectivity index (χ0v) is 26.3. The third-order valence-corrected chi connectivity index (χ3v) is 9.16. The van der Waals surface area contributed by atoms with E-state index in [4.69, 9.17) is 23.3 Å². The second kappa shape index (κ2) is 14.0. The van der Waals surface area contributed by atoms with Gasteiger partial charge in [0.2, 0.25) is 0 Å².